The smallest absolute Gasteiger partial charge is 0.322 e. The third-order valence-corrected chi connectivity index (χ3v) is 6.58. The van der Waals surface area contributed by atoms with E-state index in [2.05, 4.69) is 27.7 Å². The Hall–Kier alpha value is -2.39. The number of aryl methyl sites for hydroxylation is 1. The van der Waals surface area contributed by atoms with Gasteiger partial charge in [0.2, 0.25) is 0 Å². The Kier molecular flexibility index (Phi) is 5.60. The van der Waals surface area contributed by atoms with E-state index in [-0.39, 0.29) is 16.9 Å². The molecule has 0 saturated carbocycles. The number of carbonyl (C=O) groups excluding carboxylic acids is 1. The number of ether oxygens (including phenoxy) is 2. The van der Waals surface area contributed by atoms with E-state index in [9.17, 15) is 9.00 Å². The highest BCUT2D eigenvalue weighted by molar-refractivity contribution is 7.80. The number of urea groups is 1. The van der Waals surface area contributed by atoms with Crippen LogP contribution in [0.3, 0.4) is 0 Å². The van der Waals surface area contributed by atoms with Crippen molar-refractivity contribution in [3.05, 3.63) is 39.4 Å². The Labute approximate surface area is 171 Å². The number of hydrogen-bond acceptors (Lipinski definition) is 7. The molecule has 29 heavy (non-hydrogen) atoms. The zero-order chi connectivity index (χ0) is 20.5. The van der Waals surface area contributed by atoms with Gasteiger partial charge in [-0.1, -0.05) is 13.0 Å². The van der Waals surface area contributed by atoms with E-state index in [4.69, 9.17) is 15.2 Å². The molecule has 2 unspecified atom stereocenters. The zero-order valence-electron chi connectivity index (χ0n) is 16.6. The quantitative estimate of drug-likeness (QED) is 0.715. The first kappa shape index (κ1) is 19.9. The summed E-state index contributed by atoms with van der Waals surface area (Å²) in [5.41, 5.74) is 11.4. The van der Waals surface area contributed by atoms with E-state index in [0.717, 1.165) is 37.6 Å². The Morgan fingerprint density at radius 3 is 3.03 bits per heavy atom. The van der Waals surface area contributed by atoms with Crippen molar-refractivity contribution < 1.29 is 18.5 Å². The largest absolute Gasteiger partial charge is 0.471 e. The molecule has 1 heterocycles. The molecule has 0 bridgehead atoms. The molecule has 156 valence electrons. The van der Waals surface area contributed by atoms with Gasteiger partial charge >= 0.3 is 6.03 Å². The van der Waals surface area contributed by atoms with Crippen molar-refractivity contribution >= 4 is 28.2 Å². The van der Waals surface area contributed by atoms with Crippen LogP contribution in [0.2, 0.25) is 0 Å². The molecule has 4 rings (SSSR count). The molecule has 0 spiro atoms. The normalized spacial score (nSPS) is 23.7. The number of nitrogens with one attached hydrogen (secondary N) is 1. The summed E-state index contributed by atoms with van der Waals surface area (Å²) in [5.74, 6) is 0.540. The monoisotopic (exact) mass is 417 g/mol. The molecule has 2 amide bonds. The average molecular weight is 418 g/mol. The Morgan fingerprint density at radius 1 is 1.48 bits per heavy atom. The number of aliphatic imine (C=N–C) groups is 1. The fourth-order valence-electron chi connectivity index (χ4n) is 4.28. The van der Waals surface area contributed by atoms with Crippen LogP contribution in [0.15, 0.2) is 26.5 Å². The Morgan fingerprint density at radius 2 is 2.31 bits per heavy atom. The molecule has 1 aromatic rings. The van der Waals surface area contributed by atoms with E-state index in [1.54, 1.807) is 7.11 Å². The summed E-state index contributed by atoms with van der Waals surface area (Å²) in [7, 11) is -0.455. The molecule has 9 heteroatoms. The molecule has 0 radical (unpaired) electrons. The SMILES string of the molecule is COCC1CN=C(C(=CN)[S-](=O)=NC(=O)Nc2c3c(cc4c2C(C)C4)CCC3)O1. The number of hydrogen-bond donors (Lipinski definition) is 2. The maximum atomic E-state index is 12.6. The van der Waals surface area contributed by atoms with Crippen LogP contribution in [0.5, 0.6) is 0 Å². The van der Waals surface area contributed by atoms with Crippen LogP contribution in [0.25, 0.3) is 0 Å². The number of amides is 2. The maximum Gasteiger partial charge on any atom is 0.322 e. The molecule has 0 fully saturated rings. The molecule has 2 atom stereocenters. The second-order valence-electron chi connectivity index (χ2n) is 7.56. The predicted molar refractivity (Wildman–Crippen MR) is 111 cm³/mol. The summed E-state index contributed by atoms with van der Waals surface area (Å²) < 4.78 is 27.0. The Bertz CT molecular complexity index is 991. The van der Waals surface area contributed by atoms with Gasteiger partial charge in [0.05, 0.1) is 13.2 Å². The van der Waals surface area contributed by atoms with Gasteiger partial charge in [0.15, 0.2) is 5.90 Å². The summed E-state index contributed by atoms with van der Waals surface area (Å²) in [4.78, 5) is 16.9. The summed E-state index contributed by atoms with van der Waals surface area (Å²) >= 11 is 0. The number of rotatable bonds is 5. The zero-order valence-corrected chi connectivity index (χ0v) is 17.4. The van der Waals surface area contributed by atoms with E-state index >= 15 is 0 Å². The highest BCUT2D eigenvalue weighted by Crippen LogP contribution is 2.45. The van der Waals surface area contributed by atoms with Crippen LogP contribution < -0.4 is 11.1 Å². The molecular formula is C20H25N4O4S-. The Balaban J connectivity index is 1.53. The van der Waals surface area contributed by atoms with E-state index < -0.39 is 16.6 Å². The molecule has 3 N–H and O–H groups in total. The van der Waals surface area contributed by atoms with Gasteiger partial charge in [0, 0.05) is 12.8 Å². The van der Waals surface area contributed by atoms with Gasteiger partial charge in [-0.05, 0) is 65.0 Å². The van der Waals surface area contributed by atoms with Gasteiger partial charge < -0.3 is 29.1 Å². The second kappa shape index (κ2) is 8.16. The first-order valence-corrected chi connectivity index (χ1v) is 10.9. The minimum Gasteiger partial charge on any atom is -0.471 e. The first-order valence-electron chi connectivity index (χ1n) is 9.76. The van der Waals surface area contributed by atoms with Crippen molar-refractivity contribution in [3.8, 4) is 0 Å². The summed E-state index contributed by atoms with van der Waals surface area (Å²) in [6, 6.07) is 1.61. The lowest BCUT2D eigenvalue weighted by Crippen LogP contribution is -2.21. The molecule has 1 aromatic carbocycles. The predicted octanol–water partition coefficient (Wildman–Crippen LogP) is 2.76. The third kappa shape index (κ3) is 3.76. The lowest BCUT2D eigenvalue weighted by molar-refractivity contribution is 0.0919. The van der Waals surface area contributed by atoms with Crippen molar-refractivity contribution in [3.63, 3.8) is 0 Å². The van der Waals surface area contributed by atoms with Gasteiger partial charge in [-0.2, -0.15) is 0 Å². The van der Waals surface area contributed by atoms with Gasteiger partial charge in [-0.15, -0.1) is 10.6 Å². The van der Waals surface area contributed by atoms with Gasteiger partial charge in [-0.25, -0.2) is 9.79 Å². The molecular weight excluding hydrogens is 392 g/mol. The minimum absolute atomic E-state index is 0.0819. The fourth-order valence-corrected chi connectivity index (χ4v) is 4.96. The summed E-state index contributed by atoms with van der Waals surface area (Å²) in [6.07, 6.45) is 4.93. The van der Waals surface area contributed by atoms with Crippen LogP contribution in [0.1, 0.15) is 41.5 Å². The average Bonchev–Trinajstić information content (AvgIpc) is 3.31. The number of methoxy groups -OCH3 is 1. The van der Waals surface area contributed by atoms with Gasteiger partial charge in [0.25, 0.3) is 0 Å². The van der Waals surface area contributed by atoms with Crippen LogP contribution in [0.4, 0.5) is 10.5 Å². The molecule has 0 saturated heterocycles. The van der Waals surface area contributed by atoms with Crippen LogP contribution in [-0.4, -0.2) is 38.3 Å². The molecule has 3 aliphatic rings. The standard InChI is InChI=1S/C20H25N4O4S/c1-11-6-13-7-12-4-3-5-15(12)18(17(11)13)23-20(25)24-29(26)16(8-21)19-22-9-14(28-19)10-27-2/h7-8,11,14H,3-6,9-10,21H2,1-2H3,(H,23,25)/q-1. The van der Waals surface area contributed by atoms with Crippen molar-refractivity contribution in [2.45, 2.75) is 44.6 Å². The maximum absolute atomic E-state index is 12.6. The third-order valence-electron chi connectivity index (χ3n) is 5.56. The first-order chi connectivity index (χ1) is 14.0. The molecule has 2 aliphatic carbocycles. The lowest BCUT2D eigenvalue weighted by Gasteiger charge is -2.32. The van der Waals surface area contributed by atoms with E-state index in [0.29, 0.717) is 19.1 Å². The van der Waals surface area contributed by atoms with Crippen molar-refractivity contribution in [2.24, 2.45) is 15.1 Å². The lowest BCUT2D eigenvalue weighted by atomic mass is 9.75. The van der Waals surface area contributed by atoms with Crippen molar-refractivity contribution in [2.75, 3.05) is 25.6 Å². The van der Waals surface area contributed by atoms with Gasteiger partial charge in [0.1, 0.15) is 6.10 Å². The van der Waals surface area contributed by atoms with Crippen molar-refractivity contribution in [1.29, 1.82) is 0 Å². The minimum atomic E-state index is -2.02. The van der Waals surface area contributed by atoms with Crippen LogP contribution in [-0.2, 0) is 43.5 Å². The van der Waals surface area contributed by atoms with Crippen LogP contribution in [0, 0.1) is 0 Å². The number of anilines is 1. The number of nitrogens with zero attached hydrogens (tertiary/aromatic N) is 2. The second-order valence-corrected chi connectivity index (χ2v) is 8.68. The number of nitrogens with two attached hydrogens (primary N) is 1. The van der Waals surface area contributed by atoms with E-state index in [1.807, 2.05) is 0 Å². The van der Waals surface area contributed by atoms with E-state index in [1.165, 1.54) is 22.3 Å². The van der Waals surface area contributed by atoms with Crippen molar-refractivity contribution in [1.82, 2.24) is 0 Å². The highest BCUT2D eigenvalue weighted by atomic mass is 32.2. The van der Waals surface area contributed by atoms with Gasteiger partial charge in [-0.3, -0.25) is 0 Å². The summed E-state index contributed by atoms with van der Waals surface area (Å²) in [6.45, 7) is 2.89. The fraction of sp³-hybridized carbons (Fsp3) is 0.500. The molecule has 1 aliphatic heterocycles. The van der Waals surface area contributed by atoms with Crippen LogP contribution >= 0.6 is 0 Å². The highest BCUT2D eigenvalue weighted by Gasteiger charge is 2.31. The molecule has 0 aromatic heterocycles. The topological polar surface area (TPSA) is 115 Å². The number of benzene rings is 1. The summed E-state index contributed by atoms with van der Waals surface area (Å²) in [5, 5.41) is 2.90. The number of fused-ring (bicyclic) bond motifs is 2. The number of carbonyl (C=O) groups is 1. The molecule has 8 nitrogen and oxygen atoms in total.